The molecular weight excluding hydrogens is 288 g/mol. The van der Waals surface area contributed by atoms with E-state index in [0.717, 1.165) is 27.2 Å². The minimum absolute atomic E-state index is 0.659. The second kappa shape index (κ2) is 9.52. The monoisotopic (exact) mass is 308 g/mol. The first-order chi connectivity index (χ1) is 9.71. The number of aromatic nitrogens is 2. The van der Waals surface area contributed by atoms with Gasteiger partial charge in [0.15, 0.2) is 0 Å². The van der Waals surface area contributed by atoms with Crippen molar-refractivity contribution in [2.24, 2.45) is 5.73 Å². The number of nitrogens with one attached hydrogen (secondary N) is 2. The summed E-state index contributed by atoms with van der Waals surface area (Å²) in [6.45, 7) is 6.44. The minimum Gasteiger partial charge on any atom is -0.403 e. The van der Waals surface area contributed by atoms with E-state index in [0.29, 0.717) is 6.54 Å². The maximum absolute atomic E-state index is 5.33. The van der Waals surface area contributed by atoms with E-state index in [-0.39, 0.29) is 0 Å². The second-order valence-corrected chi connectivity index (χ2v) is 5.62. The number of rotatable bonds is 8. The van der Waals surface area contributed by atoms with Gasteiger partial charge >= 0.3 is 0 Å². The summed E-state index contributed by atoms with van der Waals surface area (Å²) in [5.74, 6) is 1.61. The summed E-state index contributed by atoms with van der Waals surface area (Å²) in [4.78, 5) is 7.59. The molecule has 0 saturated heterocycles. The molecule has 0 aromatic carbocycles. The molecule has 6 heteroatoms. The molecule has 4 nitrogen and oxygen atoms in total. The van der Waals surface area contributed by atoms with Crippen molar-refractivity contribution in [2.45, 2.75) is 13.5 Å². The molecule has 0 radical (unpaired) electrons. The van der Waals surface area contributed by atoms with Crippen molar-refractivity contribution in [3.8, 4) is 0 Å². The van der Waals surface area contributed by atoms with Crippen molar-refractivity contribution in [1.29, 1.82) is 0 Å². The number of thiol groups is 1. The minimum atomic E-state index is 0.659. The van der Waals surface area contributed by atoms with Crippen LogP contribution in [-0.4, -0.2) is 15.8 Å². The number of hydrogen-bond acceptors (Lipinski definition) is 5. The van der Waals surface area contributed by atoms with Crippen LogP contribution in [0, 0.1) is 0 Å². The van der Waals surface area contributed by atoms with Gasteiger partial charge in [0.05, 0.1) is 22.7 Å². The fourth-order valence-electron chi connectivity index (χ4n) is 1.41. The zero-order valence-corrected chi connectivity index (χ0v) is 13.2. The summed E-state index contributed by atoms with van der Waals surface area (Å²) in [6.07, 6.45) is 11.0. The topological polar surface area (TPSA) is 66.7 Å². The van der Waals surface area contributed by atoms with Crippen LogP contribution in [0.4, 0.5) is 0 Å². The molecular formula is C14H20N4S2. The summed E-state index contributed by atoms with van der Waals surface area (Å²) in [5, 5.41) is 3.25. The molecule has 0 atom stereocenters. The number of hydrogen-bond donors (Lipinski definition) is 4. The Morgan fingerprint density at radius 2 is 2.45 bits per heavy atom. The quantitative estimate of drug-likeness (QED) is 0.258. The molecule has 1 rings (SSSR count). The Bertz CT molecular complexity index is 515. The van der Waals surface area contributed by atoms with Crippen molar-refractivity contribution >= 4 is 30.0 Å². The van der Waals surface area contributed by atoms with Gasteiger partial charge in [0.2, 0.25) is 0 Å². The van der Waals surface area contributed by atoms with Crippen LogP contribution in [0.1, 0.15) is 18.4 Å². The normalized spacial score (nSPS) is 13.1. The summed E-state index contributed by atoms with van der Waals surface area (Å²) < 4.78 is 0.792. The summed E-state index contributed by atoms with van der Waals surface area (Å²) >= 11 is 5.71. The van der Waals surface area contributed by atoms with Crippen molar-refractivity contribution in [2.75, 3.05) is 5.88 Å². The van der Waals surface area contributed by atoms with Crippen LogP contribution in [0.15, 0.2) is 47.5 Å². The lowest BCUT2D eigenvalue weighted by Crippen LogP contribution is -2.13. The molecule has 0 aliphatic carbocycles. The Labute approximate surface area is 129 Å². The Kier molecular flexibility index (Phi) is 7.94. The van der Waals surface area contributed by atoms with Crippen molar-refractivity contribution in [3.63, 3.8) is 0 Å². The Morgan fingerprint density at radius 3 is 3.10 bits per heavy atom. The van der Waals surface area contributed by atoms with Crippen molar-refractivity contribution in [1.82, 2.24) is 15.3 Å². The van der Waals surface area contributed by atoms with Gasteiger partial charge in [0, 0.05) is 12.1 Å². The van der Waals surface area contributed by atoms with Crippen LogP contribution >= 0.6 is 24.4 Å². The van der Waals surface area contributed by atoms with E-state index in [1.165, 1.54) is 18.0 Å². The molecule has 20 heavy (non-hydrogen) atoms. The number of H-pyrrole nitrogens is 1. The number of allylic oxidation sites excluding steroid dienone is 5. The van der Waals surface area contributed by atoms with Gasteiger partial charge in [0.25, 0.3) is 0 Å². The summed E-state index contributed by atoms with van der Waals surface area (Å²) in [6, 6.07) is 0. The van der Waals surface area contributed by atoms with Crippen LogP contribution in [-0.2, 0) is 6.54 Å². The summed E-state index contributed by atoms with van der Waals surface area (Å²) in [7, 11) is 0. The number of imidazole rings is 1. The highest BCUT2D eigenvalue weighted by Gasteiger charge is 2.02. The number of aromatic amines is 1. The van der Waals surface area contributed by atoms with Gasteiger partial charge in [-0.05, 0) is 12.5 Å². The van der Waals surface area contributed by atoms with Gasteiger partial charge in [-0.25, -0.2) is 4.98 Å². The molecule has 0 fully saturated rings. The predicted molar refractivity (Wildman–Crippen MR) is 92.1 cm³/mol. The van der Waals surface area contributed by atoms with Gasteiger partial charge in [-0.3, -0.25) is 0 Å². The zero-order valence-electron chi connectivity index (χ0n) is 11.5. The van der Waals surface area contributed by atoms with Gasteiger partial charge in [-0.2, -0.15) is 0 Å². The molecule has 0 aliphatic rings. The van der Waals surface area contributed by atoms with Crippen LogP contribution in [0.3, 0.4) is 0 Å². The molecule has 0 unspecified atom stereocenters. The zero-order chi connectivity index (χ0) is 14.8. The van der Waals surface area contributed by atoms with E-state index in [4.69, 9.17) is 5.73 Å². The van der Waals surface area contributed by atoms with Gasteiger partial charge in [0.1, 0.15) is 5.82 Å². The molecule has 0 amide bonds. The average molecular weight is 308 g/mol. The second-order valence-electron chi connectivity index (χ2n) is 3.82. The van der Waals surface area contributed by atoms with Gasteiger partial charge < -0.3 is 16.0 Å². The number of nitrogens with two attached hydrogens (primary N) is 1. The highest BCUT2D eigenvalue weighted by atomic mass is 32.2. The van der Waals surface area contributed by atoms with E-state index in [1.807, 2.05) is 31.3 Å². The average Bonchev–Trinajstić information content (AvgIpc) is 2.93. The molecule has 4 N–H and O–H groups in total. The number of thioether (sulfide) groups is 1. The molecule has 1 aromatic heterocycles. The lowest BCUT2D eigenvalue weighted by atomic mass is 10.2. The molecule has 1 aromatic rings. The maximum atomic E-state index is 5.33. The molecule has 0 spiro atoms. The molecule has 0 bridgehead atoms. The van der Waals surface area contributed by atoms with Gasteiger partial charge in [-0.15, -0.1) is 24.4 Å². The highest BCUT2D eigenvalue weighted by Crippen LogP contribution is 2.16. The molecule has 0 saturated carbocycles. The first-order valence-electron chi connectivity index (χ1n) is 6.15. The molecule has 0 aliphatic heterocycles. The van der Waals surface area contributed by atoms with Gasteiger partial charge in [-0.1, -0.05) is 30.9 Å². The first-order valence-corrected chi connectivity index (χ1v) is 7.58. The van der Waals surface area contributed by atoms with Crippen LogP contribution in [0.25, 0.3) is 5.57 Å². The van der Waals surface area contributed by atoms with E-state index < -0.39 is 0 Å². The standard InChI is InChI=1S/C14H20N4S2/c1-3-5-6-11(4-2)12-8-17-13(18-12)9-16-10-20-14(19)7-15/h3-8,16,19H,2,9-10,15H2,1H3,(H,17,18)/b5-3-,11-6+,14-7-. The predicted octanol–water partition coefficient (Wildman–Crippen LogP) is 3.02. The van der Waals surface area contributed by atoms with E-state index in [9.17, 15) is 0 Å². The van der Waals surface area contributed by atoms with E-state index in [2.05, 4.69) is 34.5 Å². The van der Waals surface area contributed by atoms with Crippen molar-refractivity contribution < 1.29 is 0 Å². The third kappa shape index (κ3) is 5.73. The summed E-state index contributed by atoms with van der Waals surface area (Å²) in [5.41, 5.74) is 7.30. The fourth-order valence-corrected chi connectivity index (χ4v) is 2.05. The first kappa shape index (κ1) is 16.7. The highest BCUT2D eigenvalue weighted by molar-refractivity contribution is 8.15. The van der Waals surface area contributed by atoms with Crippen LogP contribution < -0.4 is 11.1 Å². The van der Waals surface area contributed by atoms with Crippen molar-refractivity contribution in [3.05, 3.63) is 59.0 Å². The van der Waals surface area contributed by atoms with E-state index in [1.54, 1.807) is 6.08 Å². The van der Waals surface area contributed by atoms with Crippen LogP contribution in [0.5, 0.6) is 0 Å². The molecule has 108 valence electrons. The van der Waals surface area contributed by atoms with E-state index >= 15 is 0 Å². The molecule has 1 heterocycles. The lowest BCUT2D eigenvalue weighted by molar-refractivity contribution is 0.755. The SMILES string of the molecule is C=C/C(=C\C=C/C)c1cnc(CNCS/C(S)=C\N)[nH]1. The smallest absolute Gasteiger partial charge is 0.120 e. The fraction of sp³-hybridized carbons (Fsp3) is 0.214. The maximum Gasteiger partial charge on any atom is 0.120 e. The lowest BCUT2D eigenvalue weighted by Gasteiger charge is -2.02. The number of nitrogens with zero attached hydrogens (tertiary/aromatic N) is 1. The Morgan fingerprint density at radius 1 is 1.65 bits per heavy atom. The Hall–Kier alpha value is -1.37. The van der Waals surface area contributed by atoms with Crippen LogP contribution in [0.2, 0.25) is 0 Å². The third-order valence-corrected chi connectivity index (χ3v) is 3.70. The largest absolute Gasteiger partial charge is 0.403 e. The third-order valence-electron chi connectivity index (χ3n) is 2.38. The Balaban J connectivity index is 2.52.